The summed E-state index contributed by atoms with van der Waals surface area (Å²) in [6.45, 7) is 0.653. The maximum Gasteiger partial charge on any atom is 0.408 e. The maximum absolute atomic E-state index is 13.1. The molecule has 4 rings (SSSR count). The molecule has 0 aromatic carbocycles. The Morgan fingerprint density at radius 2 is 1.94 bits per heavy atom. The number of aromatic nitrogens is 4. The van der Waals surface area contributed by atoms with Crippen molar-refractivity contribution in [1.29, 1.82) is 0 Å². The molecule has 0 saturated heterocycles. The predicted molar refractivity (Wildman–Crippen MR) is 109 cm³/mol. The van der Waals surface area contributed by atoms with Crippen molar-refractivity contribution in [2.75, 3.05) is 19.1 Å². The third-order valence-electron chi connectivity index (χ3n) is 5.15. The average Bonchev–Trinajstić information content (AvgIpc) is 3.32. The van der Waals surface area contributed by atoms with Crippen molar-refractivity contribution in [3.8, 4) is 22.9 Å². The number of fused-ring (bicyclic) bond motifs is 1. The molecule has 0 fully saturated rings. The van der Waals surface area contributed by atoms with Crippen molar-refractivity contribution in [2.24, 2.45) is 0 Å². The molecule has 0 aliphatic carbocycles. The fourth-order valence-corrected chi connectivity index (χ4v) is 3.76. The minimum atomic E-state index is -4.41. The summed E-state index contributed by atoms with van der Waals surface area (Å²) in [5.74, 6) is 0.443. The van der Waals surface area contributed by atoms with E-state index in [9.17, 15) is 18.0 Å². The minimum Gasteiger partial charge on any atom is -0.491 e. The van der Waals surface area contributed by atoms with E-state index in [4.69, 9.17) is 14.5 Å². The van der Waals surface area contributed by atoms with Crippen LogP contribution >= 0.6 is 0 Å². The van der Waals surface area contributed by atoms with Gasteiger partial charge in [-0.3, -0.25) is 14.4 Å². The molecule has 4 heterocycles. The molecule has 1 aliphatic heterocycles. The van der Waals surface area contributed by atoms with Gasteiger partial charge in [0.2, 0.25) is 0 Å². The topological polar surface area (TPSA) is 82.4 Å². The normalized spacial score (nSPS) is 15.8. The Hall–Kier alpha value is -3.63. The first-order valence-corrected chi connectivity index (χ1v) is 9.77. The van der Waals surface area contributed by atoms with Gasteiger partial charge in [-0.25, -0.2) is 9.97 Å². The van der Waals surface area contributed by atoms with Crippen LogP contribution in [0.25, 0.3) is 11.3 Å². The third-order valence-corrected chi connectivity index (χ3v) is 5.15. The van der Waals surface area contributed by atoms with Crippen LogP contribution in [-0.2, 0) is 6.54 Å². The molecule has 1 unspecified atom stereocenters. The smallest absolute Gasteiger partial charge is 0.408 e. The summed E-state index contributed by atoms with van der Waals surface area (Å²) in [5, 5.41) is 3.76. The zero-order valence-electron chi connectivity index (χ0n) is 17.6. The molecule has 3 aromatic heterocycles. The van der Waals surface area contributed by atoms with E-state index in [0.29, 0.717) is 46.3 Å². The van der Waals surface area contributed by atoms with Gasteiger partial charge in [-0.15, -0.1) is 0 Å². The van der Waals surface area contributed by atoms with Gasteiger partial charge in [0.1, 0.15) is 6.54 Å². The van der Waals surface area contributed by atoms with Gasteiger partial charge < -0.3 is 9.47 Å². The zero-order valence-corrected chi connectivity index (χ0v) is 17.6. The molecule has 0 saturated carbocycles. The summed E-state index contributed by atoms with van der Waals surface area (Å²) in [7, 11) is 2.99. The van der Waals surface area contributed by atoms with E-state index in [1.807, 2.05) is 6.92 Å². The van der Waals surface area contributed by atoms with Gasteiger partial charge in [-0.1, -0.05) is 6.92 Å². The molecule has 0 spiro atoms. The van der Waals surface area contributed by atoms with E-state index in [1.54, 1.807) is 24.4 Å². The lowest BCUT2D eigenvalue weighted by Gasteiger charge is -2.22. The van der Waals surface area contributed by atoms with Crippen LogP contribution in [0.2, 0.25) is 0 Å². The van der Waals surface area contributed by atoms with E-state index in [0.717, 1.165) is 4.68 Å². The van der Waals surface area contributed by atoms with Crippen molar-refractivity contribution in [2.45, 2.75) is 32.1 Å². The summed E-state index contributed by atoms with van der Waals surface area (Å²) in [6.07, 6.45) is 0.183. The number of amides is 1. The average molecular weight is 447 g/mol. The Morgan fingerprint density at radius 1 is 1.16 bits per heavy atom. The molecule has 168 valence electrons. The first-order chi connectivity index (χ1) is 15.3. The van der Waals surface area contributed by atoms with Gasteiger partial charge in [-0.05, 0) is 24.6 Å². The van der Waals surface area contributed by atoms with Crippen molar-refractivity contribution in [3.05, 3.63) is 48.0 Å². The molecule has 1 amide bonds. The lowest BCUT2D eigenvalue weighted by atomic mass is 10.1. The van der Waals surface area contributed by atoms with E-state index in [1.165, 1.54) is 31.5 Å². The van der Waals surface area contributed by atoms with E-state index in [2.05, 4.69) is 10.1 Å². The number of hydrogen-bond donors (Lipinski definition) is 0. The second kappa shape index (κ2) is 8.13. The van der Waals surface area contributed by atoms with Crippen LogP contribution in [0.4, 0.5) is 18.9 Å². The predicted octanol–water partition coefficient (Wildman–Crippen LogP) is 4.03. The van der Waals surface area contributed by atoms with Crippen LogP contribution < -0.4 is 14.4 Å². The summed E-state index contributed by atoms with van der Waals surface area (Å²) in [5.41, 5.74) is 2.49. The van der Waals surface area contributed by atoms with Gasteiger partial charge in [0.05, 0.1) is 49.1 Å². The molecule has 0 N–H and O–H groups in total. The minimum absolute atomic E-state index is 0.290. The van der Waals surface area contributed by atoms with Crippen molar-refractivity contribution in [3.63, 3.8) is 0 Å². The maximum atomic E-state index is 13.1. The molecule has 8 nitrogen and oxygen atoms in total. The molecular weight excluding hydrogens is 427 g/mol. The summed E-state index contributed by atoms with van der Waals surface area (Å²) < 4.78 is 49.3. The highest BCUT2D eigenvalue weighted by Crippen LogP contribution is 2.40. The molecular formula is C21H20F3N5O3. The fourth-order valence-electron chi connectivity index (χ4n) is 3.76. The van der Waals surface area contributed by atoms with Gasteiger partial charge in [-0.2, -0.15) is 18.3 Å². The molecule has 3 aromatic rings. The Morgan fingerprint density at radius 3 is 2.59 bits per heavy atom. The van der Waals surface area contributed by atoms with Crippen molar-refractivity contribution < 1.29 is 27.4 Å². The fraction of sp³-hybridized carbons (Fsp3) is 0.333. The lowest BCUT2D eigenvalue weighted by molar-refractivity contribution is -0.142. The van der Waals surface area contributed by atoms with Gasteiger partial charge in [0.15, 0.2) is 5.75 Å². The number of nitrogens with zero attached hydrogens (tertiary/aromatic N) is 5. The van der Waals surface area contributed by atoms with Crippen LogP contribution in [0, 0.1) is 0 Å². The number of rotatable bonds is 6. The SMILES string of the molecule is CCC1c2nc(-c3cnc(OC)c(OC)c3)ccc2C(=O)N1c1cnn(CC(F)(F)F)c1. The van der Waals surface area contributed by atoms with Crippen LogP contribution in [-0.4, -0.2) is 46.1 Å². The van der Waals surface area contributed by atoms with Gasteiger partial charge in [0, 0.05) is 18.0 Å². The molecule has 1 atom stereocenters. The third kappa shape index (κ3) is 3.85. The zero-order chi connectivity index (χ0) is 23.0. The van der Waals surface area contributed by atoms with Gasteiger partial charge >= 0.3 is 6.18 Å². The Labute approximate surface area is 181 Å². The molecule has 32 heavy (non-hydrogen) atoms. The molecule has 1 aliphatic rings. The number of alkyl halides is 3. The van der Waals surface area contributed by atoms with Crippen molar-refractivity contribution >= 4 is 11.6 Å². The van der Waals surface area contributed by atoms with Crippen LogP contribution in [0.1, 0.15) is 35.4 Å². The highest BCUT2D eigenvalue weighted by molar-refractivity contribution is 6.10. The second-order valence-electron chi connectivity index (χ2n) is 7.18. The van der Waals surface area contributed by atoms with Crippen molar-refractivity contribution in [1.82, 2.24) is 19.7 Å². The standard InChI is InChI=1S/C21H20F3N5O3/c1-4-16-18-14(20(30)29(16)13-9-26-28(10-13)11-21(22,23)24)5-6-15(27-18)12-7-17(31-2)19(32-3)25-8-12/h5-10,16H,4,11H2,1-3H3. The molecule has 11 heteroatoms. The second-order valence-corrected chi connectivity index (χ2v) is 7.18. The number of carbonyl (C=O) groups is 1. The number of hydrogen-bond acceptors (Lipinski definition) is 6. The van der Waals surface area contributed by atoms with Crippen LogP contribution in [0.3, 0.4) is 0 Å². The van der Waals surface area contributed by atoms with E-state index in [-0.39, 0.29) is 5.91 Å². The number of anilines is 1. The Bertz CT molecular complexity index is 1160. The summed E-state index contributed by atoms with van der Waals surface area (Å²) >= 11 is 0. The number of halogens is 3. The quantitative estimate of drug-likeness (QED) is 0.568. The monoisotopic (exact) mass is 447 g/mol. The van der Waals surface area contributed by atoms with Crippen LogP contribution in [0.15, 0.2) is 36.8 Å². The highest BCUT2D eigenvalue weighted by atomic mass is 19.4. The first-order valence-electron chi connectivity index (χ1n) is 9.77. The highest BCUT2D eigenvalue weighted by Gasteiger charge is 2.39. The summed E-state index contributed by atoms with van der Waals surface area (Å²) in [4.78, 5) is 23.4. The Kier molecular flexibility index (Phi) is 5.49. The molecule has 0 radical (unpaired) electrons. The Balaban J connectivity index is 1.69. The number of ether oxygens (including phenoxy) is 2. The summed E-state index contributed by atoms with van der Waals surface area (Å²) in [6, 6.07) is 4.66. The van der Waals surface area contributed by atoms with Crippen LogP contribution in [0.5, 0.6) is 11.6 Å². The number of pyridine rings is 2. The van der Waals surface area contributed by atoms with E-state index >= 15 is 0 Å². The number of methoxy groups -OCH3 is 2. The van der Waals surface area contributed by atoms with Gasteiger partial charge in [0.25, 0.3) is 11.8 Å². The van der Waals surface area contributed by atoms with E-state index < -0.39 is 18.8 Å². The lowest BCUT2D eigenvalue weighted by Crippen LogP contribution is -2.27. The largest absolute Gasteiger partial charge is 0.491 e. The molecule has 0 bridgehead atoms. The first kappa shape index (κ1) is 21.6. The number of carbonyl (C=O) groups excluding carboxylic acids is 1.